The molecule has 1 radical (unpaired) electrons. The zero-order valence-corrected chi connectivity index (χ0v) is 5.11. The summed E-state index contributed by atoms with van der Waals surface area (Å²) in [6.07, 6.45) is 4.61. The van der Waals surface area contributed by atoms with Crippen molar-refractivity contribution in [3.63, 3.8) is 0 Å². The SMILES string of the molecule is CC1=CC=COC1N=[N]. The molecule has 1 heterocycles. The van der Waals surface area contributed by atoms with Crippen LogP contribution in [0.4, 0.5) is 0 Å². The van der Waals surface area contributed by atoms with Crippen molar-refractivity contribution >= 4 is 0 Å². The summed E-state index contributed by atoms with van der Waals surface area (Å²) in [6.45, 7) is 1.84. The second-order valence-corrected chi connectivity index (χ2v) is 1.84. The summed E-state index contributed by atoms with van der Waals surface area (Å²) < 4.78 is 4.87. The zero-order valence-electron chi connectivity index (χ0n) is 5.11. The Hall–Kier alpha value is -1.12. The molecule has 1 unspecified atom stereocenters. The molecule has 0 N–H and O–H groups in total. The summed E-state index contributed by atoms with van der Waals surface area (Å²) in [6, 6.07) is 0. The van der Waals surface area contributed by atoms with Gasteiger partial charge in [-0.25, -0.2) is 0 Å². The van der Waals surface area contributed by atoms with Crippen LogP contribution in [0.2, 0.25) is 0 Å². The topological polar surface area (TPSA) is 43.9 Å². The predicted molar refractivity (Wildman–Crippen MR) is 32.3 cm³/mol. The van der Waals surface area contributed by atoms with Gasteiger partial charge in [-0.05, 0) is 24.1 Å². The maximum atomic E-state index is 8.29. The Morgan fingerprint density at radius 1 is 1.78 bits per heavy atom. The van der Waals surface area contributed by atoms with E-state index in [1.54, 1.807) is 6.08 Å². The van der Waals surface area contributed by atoms with Crippen molar-refractivity contribution < 1.29 is 4.74 Å². The lowest BCUT2D eigenvalue weighted by atomic mass is 10.2. The summed E-state index contributed by atoms with van der Waals surface area (Å²) in [5.74, 6) is 0. The predicted octanol–water partition coefficient (Wildman–Crippen LogP) is 1.06. The highest BCUT2D eigenvalue weighted by molar-refractivity contribution is 5.16. The van der Waals surface area contributed by atoms with Gasteiger partial charge in [0.1, 0.15) is 0 Å². The molecule has 0 spiro atoms. The average Bonchev–Trinajstić information content (AvgIpc) is 1.89. The second kappa shape index (κ2) is 2.44. The molecule has 0 saturated heterocycles. The molecule has 1 atom stereocenters. The highest BCUT2D eigenvalue weighted by atomic mass is 16.5. The highest BCUT2D eigenvalue weighted by Crippen LogP contribution is 2.11. The van der Waals surface area contributed by atoms with Gasteiger partial charge in [-0.2, -0.15) is 0 Å². The number of rotatable bonds is 1. The van der Waals surface area contributed by atoms with Crippen molar-refractivity contribution in [3.8, 4) is 0 Å². The Balaban J connectivity index is 2.69. The molecule has 0 fully saturated rings. The van der Waals surface area contributed by atoms with Gasteiger partial charge in [0.15, 0.2) is 0 Å². The van der Waals surface area contributed by atoms with Gasteiger partial charge in [0.05, 0.1) is 6.26 Å². The monoisotopic (exact) mass is 123 g/mol. The van der Waals surface area contributed by atoms with Crippen molar-refractivity contribution in [2.75, 3.05) is 0 Å². The zero-order chi connectivity index (χ0) is 6.69. The minimum atomic E-state index is -0.491. The second-order valence-electron chi connectivity index (χ2n) is 1.84. The van der Waals surface area contributed by atoms with E-state index < -0.39 is 6.23 Å². The van der Waals surface area contributed by atoms with Gasteiger partial charge in [-0.3, -0.25) is 0 Å². The minimum Gasteiger partial charge on any atom is -0.471 e. The molecule has 0 saturated carbocycles. The largest absolute Gasteiger partial charge is 0.471 e. The van der Waals surface area contributed by atoms with Crippen molar-refractivity contribution in [2.24, 2.45) is 5.11 Å². The molecular formula is C6H7N2O. The van der Waals surface area contributed by atoms with Crippen molar-refractivity contribution in [1.82, 2.24) is 5.53 Å². The lowest BCUT2D eigenvalue weighted by molar-refractivity contribution is 0.174. The minimum absolute atomic E-state index is 0.491. The van der Waals surface area contributed by atoms with Crippen LogP contribution in [0.1, 0.15) is 6.92 Å². The Labute approximate surface area is 53.5 Å². The first-order valence-electron chi connectivity index (χ1n) is 2.67. The smallest absolute Gasteiger partial charge is 0.231 e. The molecule has 0 aromatic rings. The molecule has 0 aromatic carbocycles. The molecule has 3 heteroatoms. The van der Waals surface area contributed by atoms with Crippen molar-refractivity contribution in [1.29, 1.82) is 0 Å². The van der Waals surface area contributed by atoms with Gasteiger partial charge in [0.25, 0.3) is 0 Å². The third-order valence-electron chi connectivity index (χ3n) is 1.14. The third-order valence-corrected chi connectivity index (χ3v) is 1.14. The van der Waals surface area contributed by atoms with E-state index in [0.717, 1.165) is 5.57 Å². The summed E-state index contributed by atoms with van der Waals surface area (Å²) in [7, 11) is 0. The maximum Gasteiger partial charge on any atom is 0.231 e. The number of hydrogen-bond donors (Lipinski definition) is 0. The number of hydrogen-bond acceptors (Lipinski definition) is 2. The molecule has 1 aliphatic heterocycles. The maximum absolute atomic E-state index is 8.29. The Bertz CT molecular complexity index is 172. The van der Waals surface area contributed by atoms with E-state index in [1.807, 2.05) is 13.0 Å². The van der Waals surface area contributed by atoms with Gasteiger partial charge in [-0.1, -0.05) is 6.08 Å². The van der Waals surface area contributed by atoms with Gasteiger partial charge in [0.2, 0.25) is 6.23 Å². The lowest BCUT2D eigenvalue weighted by Gasteiger charge is -2.12. The molecule has 1 rings (SSSR count). The van der Waals surface area contributed by atoms with Crippen LogP contribution in [-0.4, -0.2) is 6.23 Å². The summed E-state index contributed by atoms with van der Waals surface area (Å²) in [4.78, 5) is 0. The highest BCUT2D eigenvalue weighted by Gasteiger charge is 2.09. The van der Waals surface area contributed by atoms with Crippen molar-refractivity contribution in [2.45, 2.75) is 13.2 Å². The van der Waals surface area contributed by atoms with E-state index >= 15 is 0 Å². The number of nitrogens with zero attached hydrogens (tertiary/aromatic N) is 2. The number of ether oxygens (including phenoxy) is 1. The van der Waals surface area contributed by atoms with Gasteiger partial charge in [0, 0.05) is 0 Å². The van der Waals surface area contributed by atoms with Crippen LogP contribution < -0.4 is 5.53 Å². The van der Waals surface area contributed by atoms with E-state index in [-0.39, 0.29) is 0 Å². The molecule has 0 bridgehead atoms. The van der Waals surface area contributed by atoms with Crippen LogP contribution in [0.15, 0.2) is 29.1 Å². The van der Waals surface area contributed by atoms with Gasteiger partial charge < -0.3 is 4.74 Å². The molecule has 9 heavy (non-hydrogen) atoms. The average molecular weight is 123 g/mol. The van der Waals surface area contributed by atoms with E-state index in [2.05, 4.69) is 5.11 Å². The lowest BCUT2D eigenvalue weighted by Crippen LogP contribution is -2.09. The fourth-order valence-corrected chi connectivity index (χ4v) is 0.619. The molecular weight excluding hydrogens is 116 g/mol. The Morgan fingerprint density at radius 2 is 2.56 bits per heavy atom. The van der Waals surface area contributed by atoms with Crippen LogP contribution in [0, 0.1) is 0 Å². The van der Waals surface area contributed by atoms with E-state index in [4.69, 9.17) is 10.3 Å². The van der Waals surface area contributed by atoms with Crippen LogP contribution in [0.25, 0.3) is 0 Å². The first-order chi connectivity index (χ1) is 4.34. The molecule has 3 nitrogen and oxygen atoms in total. The van der Waals surface area contributed by atoms with Crippen LogP contribution in [0.3, 0.4) is 0 Å². The van der Waals surface area contributed by atoms with E-state index in [1.165, 1.54) is 6.26 Å². The molecule has 0 aromatic heterocycles. The molecule has 0 aliphatic carbocycles. The van der Waals surface area contributed by atoms with E-state index in [0.29, 0.717) is 0 Å². The standard InChI is InChI=1S/C6H7N2O/c1-5-3-2-4-9-6(5)8-7/h2-4,6H,1H3. The van der Waals surface area contributed by atoms with Crippen molar-refractivity contribution in [3.05, 3.63) is 24.0 Å². The van der Waals surface area contributed by atoms with Gasteiger partial charge >= 0.3 is 0 Å². The first-order valence-corrected chi connectivity index (χ1v) is 2.67. The van der Waals surface area contributed by atoms with E-state index in [9.17, 15) is 0 Å². The fraction of sp³-hybridized carbons (Fsp3) is 0.333. The summed E-state index contributed by atoms with van der Waals surface area (Å²) >= 11 is 0. The number of allylic oxidation sites excluding steroid dienone is 2. The van der Waals surface area contributed by atoms with Gasteiger partial charge in [-0.15, -0.1) is 5.11 Å². The Morgan fingerprint density at radius 3 is 3.00 bits per heavy atom. The summed E-state index contributed by atoms with van der Waals surface area (Å²) in [5.41, 5.74) is 9.19. The molecule has 47 valence electrons. The summed E-state index contributed by atoms with van der Waals surface area (Å²) in [5, 5.41) is 2.99. The fourth-order valence-electron chi connectivity index (χ4n) is 0.619. The van der Waals surface area contributed by atoms with Crippen LogP contribution in [0.5, 0.6) is 0 Å². The molecule has 1 aliphatic rings. The molecule has 0 amide bonds. The van der Waals surface area contributed by atoms with Crippen LogP contribution in [-0.2, 0) is 4.74 Å². The normalized spacial score (nSPS) is 24.6. The quantitative estimate of drug-likeness (QED) is 0.480. The van der Waals surface area contributed by atoms with Crippen LogP contribution >= 0.6 is 0 Å². The Kier molecular flexibility index (Phi) is 1.63. The third kappa shape index (κ3) is 1.16. The first kappa shape index (κ1) is 6.01.